The van der Waals surface area contributed by atoms with Crippen LogP contribution in [0.3, 0.4) is 0 Å². The molecule has 5 rings (SSSR count). The van der Waals surface area contributed by atoms with Crippen LogP contribution in [0, 0.1) is 17.5 Å². The fraction of sp³-hybridized carbons (Fsp3) is 0.391. The van der Waals surface area contributed by atoms with Gasteiger partial charge < -0.3 is 25.8 Å². The van der Waals surface area contributed by atoms with Crippen molar-refractivity contribution >= 4 is 68.8 Å². The summed E-state index contributed by atoms with van der Waals surface area (Å²) < 4.78 is 2.32. The topological polar surface area (TPSA) is 143 Å². The summed E-state index contributed by atoms with van der Waals surface area (Å²) in [4.78, 5) is 44.1. The van der Waals surface area contributed by atoms with Crippen molar-refractivity contribution in [2.45, 2.75) is 38.8 Å². The zero-order valence-electron chi connectivity index (χ0n) is 19.8. The van der Waals surface area contributed by atoms with Gasteiger partial charge in [-0.15, -0.1) is 0 Å². The fourth-order valence-corrected chi connectivity index (χ4v) is 5.06. The molecule has 4 N–H and O–H groups in total. The van der Waals surface area contributed by atoms with Crippen LogP contribution in [0.25, 0.3) is 11.0 Å². The van der Waals surface area contributed by atoms with Crippen LogP contribution in [0.15, 0.2) is 23.5 Å². The van der Waals surface area contributed by atoms with Gasteiger partial charge in [-0.25, -0.2) is 15.0 Å². The highest BCUT2D eigenvalue weighted by Crippen LogP contribution is 2.26. The van der Waals surface area contributed by atoms with E-state index in [-0.39, 0.29) is 34.7 Å². The van der Waals surface area contributed by atoms with E-state index in [2.05, 4.69) is 50.5 Å². The normalized spacial score (nSPS) is 18.0. The molecule has 0 atom stereocenters. The summed E-state index contributed by atoms with van der Waals surface area (Å²) in [5.74, 6) is -0.238. The molecule has 0 unspecified atom stereocenters. The monoisotopic (exact) mass is 621 g/mol. The number of aromatic nitrogens is 4. The maximum absolute atomic E-state index is 13.1. The van der Waals surface area contributed by atoms with Gasteiger partial charge in [0.25, 0.3) is 0 Å². The van der Waals surface area contributed by atoms with E-state index in [1.54, 1.807) is 6.33 Å². The Morgan fingerprint density at radius 1 is 1.22 bits per heavy atom. The first-order chi connectivity index (χ1) is 17.1. The van der Waals surface area contributed by atoms with E-state index in [1.165, 1.54) is 11.1 Å². The molecule has 3 aromatic rings. The second-order valence-electron chi connectivity index (χ2n) is 9.24. The maximum Gasteiger partial charge on any atom is 0.302 e. The molecule has 1 aromatic carbocycles. The zero-order valence-corrected chi connectivity index (χ0v) is 22.7. The average molecular weight is 622 g/mol. The number of fused-ring (bicyclic) bond motifs is 1. The summed E-state index contributed by atoms with van der Waals surface area (Å²) in [6.07, 6.45) is 3.17. The third-order valence-corrected chi connectivity index (χ3v) is 8.19. The quantitative estimate of drug-likeness (QED) is 0.377. The van der Waals surface area contributed by atoms with Gasteiger partial charge in [0.05, 0.1) is 22.9 Å². The molecule has 0 aliphatic carbocycles. The van der Waals surface area contributed by atoms with Crippen molar-refractivity contribution in [3.05, 3.63) is 44.1 Å². The lowest BCUT2D eigenvalue weighted by Gasteiger charge is -2.38. The molecule has 2 aromatic heterocycles. The molecule has 13 heteroatoms. The Balaban J connectivity index is 1.21. The molecule has 2 amide bonds. The molecule has 11 nitrogen and oxygen atoms in total. The lowest BCUT2D eigenvalue weighted by Crippen LogP contribution is -2.54. The number of imidazole rings is 1. The van der Waals surface area contributed by atoms with E-state index in [0.717, 1.165) is 23.9 Å². The Hall–Kier alpha value is -3.00. The molecular formula is C23H25ClIN9O2. The molecule has 0 bridgehead atoms. The Morgan fingerprint density at radius 2 is 1.94 bits per heavy atom. The molecule has 36 heavy (non-hydrogen) atoms. The van der Waals surface area contributed by atoms with Crippen molar-refractivity contribution in [2.75, 3.05) is 25.4 Å². The zero-order chi connectivity index (χ0) is 25.6. The number of nitrogen functional groups attached to an aromatic ring is 1. The lowest BCUT2D eigenvalue weighted by atomic mass is 9.88. The largest absolute Gasteiger partial charge is 0.382 e. The lowest BCUT2D eigenvalue weighted by molar-refractivity contribution is -0.133. The number of piperidine rings is 1. The van der Waals surface area contributed by atoms with E-state index < -0.39 is 5.91 Å². The van der Waals surface area contributed by atoms with Crippen LogP contribution < -0.4 is 16.4 Å². The van der Waals surface area contributed by atoms with Crippen LogP contribution in [0.4, 0.5) is 5.82 Å². The fourth-order valence-electron chi connectivity index (χ4n) is 4.55. The van der Waals surface area contributed by atoms with E-state index in [4.69, 9.17) is 17.3 Å². The van der Waals surface area contributed by atoms with Crippen molar-refractivity contribution in [1.82, 2.24) is 35.1 Å². The number of hydrogen-bond donors (Lipinski definition) is 3. The van der Waals surface area contributed by atoms with Crippen LogP contribution in [-0.2, 0) is 11.3 Å². The third kappa shape index (κ3) is 4.71. The predicted octanol–water partition coefficient (Wildman–Crippen LogP) is 2.03. The molecule has 188 valence electrons. The van der Waals surface area contributed by atoms with Gasteiger partial charge in [-0.2, -0.15) is 4.99 Å². The highest BCUT2D eigenvalue weighted by molar-refractivity contribution is 14.1. The van der Waals surface area contributed by atoms with E-state index in [1.807, 2.05) is 38.1 Å². The Bertz CT molecular complexity index is 1410. The van der Waals surface area contributed by atoms with E-state index >= 15 is 0 Å². The number of amides is 2. The summed E-state index contributed by atoms with van der Waals surface area (Å²) in [6, 6.07) is 4.13. The number of carbonyl (C=O) groups excluding carboxylic acids is 2. The first-order valence-corrected chi connectivity index (χ1v) is 12.9. The van der Waals surface area contributed by atoms with Crippen LogP contribution >= 0.6 is 34.2 Å². The van der Waals surface area contributed by atoms with Crippen molar-refractivity contribution in [3.63, 3.8) is 0 Å². The number of nitrogens with two attached hydrogens (primary N) is 1. The first kappa shape index (κ1) is 24.7. The summed E-state index contributed by atoms with van der Waals surface area (Å²) in [5.41, 5.74) is 9.67. The number of rotatable bonds is 3. The number of halogens is 2. The minimum Gasteiger partial charge on any atom is -0.382 e. The molecule has 2 aliphatic rings. The second kappa shape index (κ2) is 9.47. The molecule has 2 fully saturated rings. The Labute approximate surface area is 226 Å². The van der Waals surface area contributed by atoms with Crippen LogP contribution in [0.2, 0.25) is 5.15 Å². The van der Waals surface area contributed by atoms with Gasteiger partial charge in [-0.05, 0) is 72.5 Å². The first-order valence-electron chi connectivity index (χ1n) is 11.5. The van der Waals surface area contributed by atoms with E-state index in [9.17, 15) is 9.59 Å². The van der Waals surface area contributed by atoms with Crippen molar-refractivity contribution < 1.29 is 9.59 Å². The van der Waals surface area contributed by atoms with Gasteiger partial charge in [0.15, 0.2) is 22.6 Å². The number of hydrogen-bond acceptors (Lipinski definition) is 6. The average Bonchev–Trinajstić information content (AvgIpc) is 3.40. The van der Waals surface area contributed by atoms with Gasteiger partial charge in [-0.3, -0.25) is 9.59 Å². The van der Waals surface area contributed by atoms with Crippen molar-refractivity contribution in [3.8, 4) is 0 Å². The molecule has 0 radical (unpaired) electrons. The third-order valence-electron chi connectivity index (χ3n) is 6.85. The van der Waals surface area contributed by atoms with Gasteiger partial charge in [0.1, 0.15) is 10.2 Å². The predicted molar refractivity (Wildman–Crippen MR) is 145 cm³/mol. The van der Waals surface area contributed by atoms with Gasteiger partial charge >= 0.3 is 5.91 Å². The minimum atomic E-state index is -0.629. The number of nitrogens with zero attached hydrogens (tertiary/aromatic N) is 6. The Morgan fingerprint density at radius 3 is 2.69 bits per heavy atom. The number of carbonyl (C=O) groups is 2. The smallest absolute Gasteiger partial charge is 0.302 e. The molecule has 4 heterocycles. The highest BCUT2D eigenvalue weighted by Gasteiger charge is 2.40. The standard InChI is InChI=1S/C23H25ClIN9O2/c1-12-7-14-15(8-13(12)2)34(11-28-14)9-16(35)33-5-3-23(4-6-33)10-27-22(32-23)31-21(36)17-20(26)30-19(25)18(24)29-17/h7-8,11H,3-6,9-10H2,1-2H3,(H2,26,30)(H2,27,31,32,36). The molecular weight excluding hydrogens is 597 g/mol. The molecule has 2 saturated heterocycles. The number of likely N-dealkylation sites (tertiary alicyclic amines) is 1. The summed E-state index contributed by atoms with van der Waals surface area (Å²) in [6.45, 7) is 6.17. The highest BCUT2D eigenvalue weighted by atomic mass is 127. The maximum atomic E-state index is 13.1. The van der Waals surface area contributed by atoms with Crippen LogP contribution in [0.1, 0.15) is 34.5 Å². The molecule has 0 saturated carbocycles. The number of nitrogens with one attached hydrogen (secondary N) is 2. The number of benzene rings is 1. The summed E-state index contributed by atoms with van der Waals surface area (Å²) in [7, 11) is 0. The number of anilines is 1. The van der Waals surface area contributed by atoms with Gasteiger partial charge in [0.2, 0.25) is 5.91 Å². The van der Waals surface area contributed by atoms with Crippen LogP contribution in [0.5, 0.6) is 0 Å². The molecule has 2 aliphatic heterocycles. The minimum absolute atomic E-state index is 0.0198. The van der Waals surface area contributed by atoms with Crippen molar-refractivity contribution in [2.24, 2.45) is 4.99 Å². The van der Waals surface area contributed by atoms with Crippen LogP contribution in [-0.4, -0.2) is 67.4 Å². The number of aliphatic imine (C=N–C) groups is 1. The Kier molecular flexibility index (Phi) is 6.49. The van der Waals surface area contributed by atoms with Gasteiger partial charge in [-0.1, -0.05) is 11.6 Å². The summed E-state index contributed by atoms with van der Waals surface area (Å²) >= 11 is 7.88. The SMILES string of the molecule is Cc1cc2ncn(CC(=O)N3CCC4(CC3)CN/C(=N\C(=O)c3nc(Cl)c(I)nc3N)N4)c2cc1C. The summed E-state index contributed by atoms with van der Waals surface area (Å²) in [5, 5.41) is 6.59. The van der Waals surface area contributed by atoms with Gasteiger partial charge in [0, 0.05) is 19.6 Å². The van der Waals surface area contributed by atoms with E-state index in [0.29, 0.717) is 29.3 Å². The number of guanidine groups is 1. The number of aryl methyl sites for hydroxylation is 2. The molecule has 1 spiro atoms. The van der Waals surface area contributed by atoms with Crippen molar-refractivity contribution in [1.29, 1.82) is 0 Å². The second-order valence-corrected chi connectivity index (χ2v) is 10.6.